The van der Waals surface area contributed by atoms with Crippen molar-refractivity contribution in [1.82, 2.24) is 14.1 Å². The summed E-state index contributed by atoms with van der Waals surface area (Å²) in [4.78, 5) is 12.6. The quantitative estimate of drug-likeness (QED) is 0.329. The van der Waals surface area contributed by atoms with E-state index in [1.54, 1.807) is 29.7 Å². The molecule has 206 valence electrons. The van der Waals surface area contributed by atoms with Gasteiger partial charge in [-0.05, 0) is 66.3 Å². The fourth-order valence-electron chi connectivity index (χ4n) is 5.47. The van der Waals surface area contributed by atoms with Crippen molar-refractivity contribution in [2.45, 2.75) is 34.7 Å². The van der Waals surface area contributed by atoms with E-state index in [2.05, 4.69) is 0 Å². The molecule has 0 aliphatic carbocycles. The molecule has 2 saturated heterocycles. The van der Waals surface area contributed by atoms with Crippen LogP contribution in [0.5, 0.6) is 5.75 Å². The third-order valence-corrected chi connectivity index (χ3v) is 11.3. The summed E-state index contributed by atoms with van der Waals surface area (Å²) < 4.78 is 62.2. The zero-order chi connectivity index (χ0) is 27.8. The molecule has 1 amide bonds. The molecule has 0 saturated carbocycles. The Morgan fingerprint density at radius 3 is 2.08 bits per heavy atom. The summed E-state index contributed by atoms with van der Waals surface area (Å²) >= 11 is 0. The highest BCUT2D eigenvalue weighted by Gasteiger charge is 2.53. The number of fused-ring (bicyclic) bond motifs is 1. The van der Waals surface area contributed by atoms with Crippen molar-refractivity contribution in [2.24, 2.45) is 5.92 Å². The maximum atomic E-state index is 13.8. The predicted octanol–water partition coefficient (Wildman–Crippen LogP) is 2.71. The van der Waals surface area contributed by atoms with Crippen molar-refractivity contribution in [3.8, 4) is 16.9 Å². The number of benzene rings is 3. The highest BCUT2D eigenvalue weighted by atomic mass is 32.2. The molecule has 12 heteroatoms. The molecule has 0 radical (unpaired) electrons. The molecular formula is C27H29N3O7S2. The average molecular weight is 572 g/mol. The third-order valence-electron chi connectivity index (χ3n) is 7.49. The molecule has 2 aliphatic rings. The highest BCUT2D eigenvalue weighted by Crippen LogP contribution is 2.41. The van der Waals surface area contributed by atoms with Crippen molar-refractivity contribution in [2.75, 3.05) is 20.2 Å². The van der Waals surface area contributed by atoms with Gasteiger partial charge in [-0.25, -0.2) is 22.3 Å². The summed E-state index contributed by atoms with van der Waals surface area (Å²) in [6, 6.07) is 20.0. The van der Waals surface area contributed by atoms with E-state index < -0.39 is 38.0 Å². The van der Waals surface area contributed by atoms with Gasteiger partial charge in [0, 0.05) is 19.1 Å². The number of ether oxygens (including phenoxy) is 1. The second-order valence-corrected chi connectivity index (χ2v) is 13.4. The van der Waals surface area contributed by atoms with Gasteiger partial charge in [0.15, 0.2) is 0 Å². The number of methoxy groups -OCH3 is 1. The Bertz CT molecular complexity index is 1550. The molecule has 0 unspecified atom stereocenters. The van der Waals surface area contributed by atoms with Crippen LogP contribution in [0.15, 0.2) is 88.7 Å². The monoisotopic (exact) mass is 571 g/mol. The Morgan fingerprint density at radius 2 is 1.46 bits per heavy atom. The smallest absolute Gasteiger partial charge is 0.261 e. The van der Waals surface area contributed by atoms with Gasteiger partial charge in [-0.1, -0.05) is 42.5 Å². The van der Waals surface area contributed by atoms with Crippen LogP contribution in [0.3, 0.4) is 0 Å². The van der Waals surface area contributed by atoms with E-state index >= 15 is 0 Å². The van der Waals surface area contributed by atoms with Crippen LogP contribution in [-0.4, -0.2) is 68.8 Å². The number of carbonyl (C=O) groups is 1. The molecule has 2 fully saturated rings. The second kappa shape index (κ2) is 10.7. The van der Waals surface area contributed by atoms with E-state index in [-0.39, 0.29) is 35.2 Å². The summed E-state index contributed by atoms with van der Waals surface area (Å²) in [6.45, 7) is 0.0753. The van der Waals surface area contributed by atoms with Gasteiger partial charge in [-0.3, -0.25) is 10.0 Å². The summed E-state index contributed by atoms with van der Waals surface area (Å²) in [5, 5.41) is 9.34. The van der Waals surface area contributed by atoms with E-state index in [0.717, 1.165) is 15.4 Å². The highest BCUT2D eigenvalue weighted by molar-refractivity contribution is 7.89. The molecule has 2 N–H and O–H groups in total. The molecule has 3 atom stereocenters. The molecule has 5 rings (SSSR count). The van der Waals surface area contributed by atoms with Crippen LogP contribution in [-0.2, 0) is 24.8 Å². The molecule has 2 heterocycles. The molecule has 2 aliphatic heterocycles. The number of nitrogens with zero attached hydrogens (tertiary/aromatic N) is 2. The number of hydroxylamine groups is 1. The molecule has 39 heavy (non-hydrogen) atoms. The summed E-state index contributed by atoms with van der Waals surface area (Å²) in [5.74, 6) is -0.647. The Kier molecular flexibility index (Phi) is 7.49. The van der Waals surface area contributed by atoms with Crippen LogP contribution in [0.25, 0.3) is 11.1 Å². The van der Waals surface area contributed by atoms with E-state index in [1.165, 1.54) is 35.7 Å². The summed E-state index contributed by atoms with van der Waals surface area (Å²) in [7, 11) is -6.70. The zero-order valence-electron chi connectivity index (χ0n) is 21.2. The first-order valence-electron chi connectivity index (χ1n) is 12.4. The SMILES string of the molecule is COc1ccc(S(=O)(=O)N2[C@H](C(=O)NO)C[C@@H]3CCN(S(=O)(=O)c4ccc(-c5ccccc5)cc4)C[C@@H]32)cc1. The summed E-state index contributed by atoms with van der Waals surface area (Å²) in [5.41, 5.74) is 3.41. The maximum Gasteiger partial charge on any atom is 0.261 e. The van der Waals surface area contributed by atoms with Crippen LogP contribution in [0.1, 0.15) is 12.8 Å². The van der Waals surface area contributed by atoms with Crippen LogP contribution in [0.2, 0.25) is 0 Å². The maximum absolute atomic E-state index is 13.8. The number of amides is 1. The Hall–Kier alpha value is -3.29. The van der Waals surface area contributed by atoms with Gasteiger partial charge in [0.1, 0.15) is 11.8 Å². The number of nitrogens with one attached hydrogen (secondary N) is 1. The van der Waals surface area contributed by atoms with Crippen LogP contribution in [0.4, 0.5) is 0 Å². The number of hydrogen-bond acceptors (Lipinski definition) is 7. The lowest BCUT2D eigenvalue weighted by molar-refractivity contribution is -0.132. The molecule has 0 aromatic heterocycles. The number of hydrogen-bond donors (Lipinski definition) is 2. The predicted molar refractivity (Wildman–Crippen MR) is 143 cm³/mol. The van der Waals surface area contributed by atoms with Crippen LogP contribution < -0.4 is 10.2 Å². The molecule has 10 nitrogen and oxygen atoms in total. The van der Waals surface area contributed by atoms with Gasteiger partial charge in [-0.2, -0.15) is 8.61 Å². The fraction of sp³-hybridized carbons (Fsp3) is 0.296. The van der Waals surface area contributed by atoms with Gasteiger partial charge >= 0.3 is 0 Å². The van der Waals surface area contributed by atoms with Gasteiger partial charge in [0.2, 0.25) is 20.0 Å². The first-order valence-corrected chi connectivity index (χ1v) is 15.3. The van der Waals surface area contributed by atoms with Gasteiger partial charge in [0.25, 0.3) is 5.91 Å². The largest absolute Gasteiger partial charge is 0.497 e. The minimum Gasteiger partial charge on any atom is -0.497 e. The first-order chi connectivity index (χ1) is 18.7. The lowest BCUT2D eigenvalue weighted by atomic mass is 9.92. The van der Waals surface area contributed by atoms with Crippen molar-refractivity contribution in [1.29, 1.82) is 0 Å². The Labute approximate surface area is 227 Å². The van der Waals surface area contributed by atoms with E-state index in [9.17, 15) is 26.8 Å². The minimum atomic E-state index is -4.22. The minimum absolute atomic E-state index is 0.0591. The second-order valence-electron chi connectivity index (χ2n) is 9.61. The average Bonchev–Trinajstić information content (AvgIpc) is 3.37. The lowest BCUT2D eigenvalue weighted by Gasteiger charge is -2.37. The molecular weight excluding hydrogens is 542 g/mol. The topological polar surface area (TPSA) is 133 Å². The van der Waals surface area contributed by atoms with E-state index in [0.29, 0.717) is 12.2 Å². The van der Waals surface area contributed by atoms with Crippen molar-refractivity contribution in [3.63, 3.8) is 0 Å². The van der Waals surface area contributed by atoms with Crippen molar-refractivity contribution in [3.05, 3.63) is 78.9 Å². The Balaban J connectivity index is 1.45. The molecule has 0 spiro atoms. The number of piperidine rings is 1. The van der Waals surface area contributed by atoms with Gasteiger partial charge in [-0.15, -0.1) is 0 Å². The van der Waals surface area contributed by atoms with Gasteiger partial charge in [0.05, 0.1) is 16.9 Å². The zero-order valence-corrected chi connectivity index (χ0v) is 22.8. The molecule has 3 aromatic rings. The fourth-order valence-corrected chi connectivity index (χ4v) is 8.77. The lowest BCUT2D eigenvalue weighted by Crippen LogP contribution is -2.54. The van der Waals surface area contributed by atoms with Crippen LogP contribution >= 0.6 is 0 Å². The van der Waals surface area contributed by atoms with Gasteiger partial charge < -0.3 is 4.74 Å². The summed E-state index contributed by atoms with van der Waals surface area (Å²) in [6.07, 6.45) is 0.544. The standard InChI is InChI=1S/C27H29N3O7S2/c1-37-22-9-13-24(14-10-22)39(35,36)30-25(27(31)28-32)17-21-15-16-29(18-26(21)30)38(33,34)23-11-7-20(8-12-23)19-5-3-2-4-6-19/h2-14,21,25-26,32H,15-18H2,1H3,(H,28,31)/t21-,25-,26-/m0/s1. The van der Waals surface area contributed by atoms with Crippen molar-refractivity contribution < 1.29 is 31.6 Å². The van der Waals surface area contributed by atoms with Crippen molar-refractivity contribution >= 4 is 26.0 Å². The first kappa shape index (κ1) is 27.3. The normalized spacial score (nSPS) is 22.3. The number of sulfonamides is 2. The third kappa shape index (κ3) is 5.06. The molecule has 0 bridgehead atoms. The van der Waals surface area contributed by atoms with E-state index in [4.69, 9.17) is 4.74 Å². The Morgan fingerprint density at radius 1 is 0.872 bits per heavy atom. The molecule has 3 aromatic carbocycles. The number of carbonyl (C=O) groups excluding carboxylic acids is 1. The van der Waals surface area contributed by atoms with Crippen LogP contribution in [0, 0.1) is 5.92 Å². The van der Waals surface area contributed by atoms with E-state index in [1.807, 2.05) is 30.3 Å². The number of rotatable bonds is 7.